The van der Waals surface area contributed by atoms with E-state index < -0.39 is 0 Å². The summed E-state index contributed by atoms with van der Waals surface area (Å²) in [6.45, 7) is 3.00. The molecule has 1 N–H and O–H groups in total. The molecule has 7 nitrogen and oxygen atoms in total. The molecule has 0 radical (unpaired) electrons. The number of aromatic nitrogens is 4. The van der Waals surface area contributed by atoms with Gasteiger partial charge in [0.25, 0.3) is 0 Å². The van der Waals surface area contributed by atoms with E-state index in [2.05, 4.69) is 38.4 Å². The monoisotopic (exact) mass is 385 g/mol. The normalized spacial score (nSPS) is 12.9. The number of fused-ring (bicyclic) bond motifs is 5. The Morgan fingerprint density at radius 1 is 1.03 bits per heavy atom. The van der Waals surface area contributed by atoms with Gasteiger partial charge in [-0.05, 0) is 30.7 Å². The predicted octanol–water partition coefficient (Wildman–Crippen LogP) is 3.49. The van der Waals surface area contributed by atoms with E-state index >= 15 is 0 Å². The molecule has 144 valence electrons. The summed E-state index contributed by atoms with van der Waals surface area (Å²) >= 11 is 0. The molecule has 1 amide bonds. The Morgan fingerprint density at radius 2 is 1.90 bits per heavy atom. The van der Waals surface area contributed by atoms with Crippen molar-refractivity contribution in [3.05, 3.63) is 65.9 Å². The molecule has 0 atom stereocenters. The average Bonchev–Trinajstić information content (AvgIpc) is 3.24. The number of rotatable bonds is 3. The first-order valence-electron chi connectivity index (χ1n) is 9.56. The van der Waals surface area contributed by atoms with E-state index in [-0.39, 0.29) is 11.7 Å². The van der Waals surface area contributed by atoms with Gasteiger partial charge >= 0.3 is 0 Å². The second-order valence-corrected chi connectivity index (χ2v) is 7.19. The number of ketones is 1. The number of anilines is 1. The third-order valence-corrected chi connectivity index (χ3v) is 5.20. The van der Waals surface area contributed by atoms with Crippen molar-refractivity contribution in [1.29, 1.82) is 0 Å². The molecule has 2 aromatic heterocycles. The van der Waals surface area contributed by atoms with E-state index in [9.17, 15) is 9.59 Å². The average molecular weight is 385 g/mol. The third-order valence-electron chi connectivity index (χ3n) is 5.20. The van der Waals surface area contributed by atoms with Gasteiger partial charge in [-0.25, -0.2) is 4.68 Å². The largest absolute Gasteiger partial charge is 0.339 e. The summed E-state index contributed by atoms with van der Waals surface area (Å²) in [6, 6.07) is 17.2. The molecule has 5 rings (SSSR count). The fourth-order valence-corrected chi connectivity index (χ4v) is 3.98. The van der Waals surface area contributed by atoms with Crippen LogP contribution in [0.3, 0.4) is 0 Å². The fourth-order valence-electron chi connectivity index (χ4n) is 3.98. The van der Waals surface area contributed by atoms with Crippen LogP contribution in [-0.4, -0.2) is 31.3 Å². The number of hydrogen-bond donors (Lipinski definition) is 1. The molecule has 29 heavy (non-hydrogen) atoms. The summed E-state index contributed by atoms with van der Waals surface area (Å²) in [6.07, 6.45) is 0.910. The number of carbonyl (C=O) groups is 2. The lowest BCUT2D eigenvalue weighted by atomic mass is 10.0. The smallest absolute Gasteiger partial charge is 0.221 e. The van der Waals surface area contributed by atoms with Crippen LogP contribution < -0.4 is 5.32 Å². The van der Waals surface area contributed by atoms with Gasteiger partial charge < -0.3 is 9.88 Å². The van der Waals surface area contributed by atoms with Gasteiger partial charge in [-0.1, -0.05) is 35.5 Å². The molecule has 0 spiro atoms. The number of nitrogens with one attached hydrogen (secondary N) is 1. The maximum atomic E-state index is 13.3. The Kier molecular flexibility index (Phi) is 4.01. The van der Waals surface area contributed by atoms with E-state index in [1.165, 1.54) is 6.92 Å². The van der Waals surface area contributed by atoms with E-state index in [1.54, 1.807) is 24.3 Å². The number of aryl methyl sites for hydroxylation is 2. The number of benzene rings is 2. The third kappa shape index (κ3) is 2.91. The maximum absolute atomic E-state index is 13.3. The molecule has 7 heteroatoms. The lowest BCUT2D eigenvalue weighted by Gasteiger charge is -2.08. The minimum Gasteiger partial charge on any atom is -0.339 e. The Balaban J connectivity index is 1.64. The van der Waals surface area contributed by atoms with Crippen molar-refractivity contribution in [3.8, 4) is 11.4 Å². The highest BCUT2D eigenvalue weighted by atomic mass is 16.1. The van der Waals surface area contributed by atoms with E-state index in [0.717, 1.165) is 35.3 Å². The Morgan fingerprint density at radius 3 is 2.76 bits per heavy atom. The van der Waals surface area contributed by atoms with Crippen molar-refractivity contribution in [1.82, 2.24) is 19.6 Å². The van der Waals surface area contributed by atoms with Crippen molar-refractivity contribution < 1.29 is 9.59 Å². The molecule has 1 aliphatic rings. The quantitative estimate of drug-likeness (QED) is 0.547. The molecular formula is C22H19N5O2. The van der Waals surface area contributed by atoms with Gasteiger partial charge in [-0.2, -0.15) is 0 Å². The zero-order chi connectivity index (χ0) is 20.0. The van der Waals surface area contributed by atoms with Crippen molar-refractivity contribution in [3.63, 3.8) is 0 Å². The lowest BCUT2D eigenvalue weighted by molar-refractivity contribution is -0.114. The van der Waals surface area contributed by atoms with E-state index in [0.29, 0.717) is 23.5 Å². The van der Waals surface area contributed by atoms with Crippen LogP contribution >= 0.6 is 0 Å². The Labute approximate surface area is 166 Å². The lowest BCUT2D eigenvalue weighted by Crippen LogP contribution is -2.09. The zero-order valence-electron chi connectivity index (χ0n) is 15.9. The van der Waals surface area contributed by atoms with Gasteiger partial charge in [0.2, 0.25) is 11.7 Å². The molecule has 0 saturated heterocycles. The summed E-state index contributed by atoms with van der Waals surface area (Å²) in [5.74, 6) is -0.395. The summed E-state index contributed by atoms with van der Waals surface area (Å²) in [5.41, 5.74) is 4.21. The molecule has 0 aliphatic carbocycles. The molecule has 4 aromatic rings. The van der Waals surface area contributed by atoms with Gasteiger partial charge in [-0.3, -0.25) is 9.59 Å². The second-order valence-electron chi connectivity index (χ2n) is 7.19. The van der Waals surface area contributed by atoms with Crippen molar-refractivity contribution in [2.75, 3.05) is 5.32 Å². The number of amides is 1. The number of para-hydroxylation sites is 1. The highest BCUT2D eigenvalue weighted by Crippen LogP contribution is 2.33. The highest BCUT2D eigenvalue weighted by Gasteiger charge is 2.27. The number of carbonyl (C=O) groups excluding carboxylic acids is 2. The first-order valence-corrected chi connectivity index (χ1v) is 9.56. The topological polar surface area (TPSA) is 81.8 Å². The standard InChI is InChI=1S/C22H19N5O2/c1-14(28)23-17-8-4-7-16(12-17)22(29)20-21-19-13-15-6-2-3-9-18(15)26(19)10-5-11-27(21)25-24-20/h2-4,6-9,12-13H,5,10-11H2,1H3,(H,23,28). The second kappa shape index (κ2) is 6.70. The van der Waals surface area contributed by atoms with Gasteiger partial charge in [0.15, 0.2) is 5.69 Å². The van der Waals surface area contributed by atoms with Crippen LogP contribution in [0.5, 0.6) is 0 Å². The van der Waals surface area contributed by atoms with Crippen LogP contribution in [-0.2, 0) is 17.9 Å². The molecule has 0 fully saturated rings. The van der Waals surface area contributed by atoms with Crippen molar-refractivity contribution in [2.24, 2.45) is 0 Å². The highest BCUT2D eigenvalue weighted by molar-refractivity contribution is 6.12. The minimum absolute atomic E-state index is 0.184. The summed E-state index contributed by atoms with van der Waals surface area (Å²) in [5, 5.41) is 12.3. The minimum atomic E-state index is -0.211. The maximum Gasteiger partial charge on any atom is 0.221 e. The summed E-state index contributed by atoms with van der Waals surface area (Å²) < 4.78 is 4.06. The van der Waals surface area contributed by atoms with E-state index in [4.69, 9.17) is 0 Å². The first-order chi connectivity index (χ1) is 14.1. The SMILES string of the molecule is CC(=O)Nc1cccc(C(=O)c2nnn3c2-c2cc4ccccc4n2CCC3)c1. The van der Waals surface area contributed by atoms with Gasteiger partial charge in [0.1, 0.15) is 5.69 Å². The van der Waals surface area contributed by atoms with Crippen LogP contribution in [0.25, 0.3) is 22.3 Å². The summed E-state index contributed by atoms with van der Waals surface area (Å²) in [7, 11) is 0. The Bertz CT molecular complexity index is 1270. The first kappa shape index (κ1) is 17.4. The Hall–Kier alpha value is -3.74. The van der Waals surface area contributed by atoms with Crippen LogP contribution in [0.1, 0.15) is 29.4 Å². The van der Waals surface area contributed by atoms with E-state index in [1.807, 2.05) is 16.8 Å². The molecule has 0 unspecified atom stereocenters. The van der Waals surface area contributed by atoms with Crippen molar-refractivity contribution in [2.45, 2.75) is 26.4 Å². The van der Waals surface area contributed by atoms with Crippen LogP contribution in [0.2, 0.25) is 0 Å². The summed E-state index contributed by atoms with van der Waals surface area (Å²) in [4.78, 5) is 24.7. The molecule has 1 aliphatic heterocycles. The fraction of sp³-hybridized carbons (Fsp3) is 0.182. The molecule has 2 aromatic carbocycles. The van der Waals surface area contributed by atoms with Crippen LogP contribution in [0.4, 0.5) is 5.69 Å². The molecule has 0 bridgehead atoms. The van der Waals surface area contributed by atoms with Crippen molar-refractivity contribution >= 4 is 28.3 Å². The number of nitrogens with zero attached hydrogens (tertiary/aromatic N) is 4. The van der Waals surface area contributed by atoms with Crippen LogP contribution in [0, 0.1) is 0 Å². The van der Waals surface area contributed by atoms with Crippen LogP contribution in [0.15, 0.2) is 54.6 Å². The zero-order valence-corrected chi connectivity index (χ0v) is 15.9. The van der Waals surface area contributed by atoms with Gasteiger partial charge in [-0.15, -0.1) is 5.10 Å². The predicted molar refractivity (Wildman–Crippen MR) is 110 cm³/mol. The molecular weight excluding hydrogens is 366 g/mol. The number of hydrogen-bond acceptors (Lipinski definition) is 4. The van der Waals surface area contributed by atoms with Gasteiger partial charge in [0.05, 0.1) is 5.69 Å². The molecule has 0 saturated carbocycles. The molecule has 3 heterocycles. The van der Waals surface area contributed by atoms with Gasteiger partial charge in [0, 0.05) is 42.2 Å².